The summed E-state index contributed by atoms with van der Waals surface area (Å²) in [5.41, 5.74) is 1.10. The lowest BCUT2D eigenvalue weighted by atomic mass is 9.97. The predicted molar refractivity (Wildman–Crippen MR) is 111 cm³/mol. The molecule has 7 nitrogen and oxygen atoms in total. The number of nitrogens with zero attached hydrogens (tertiary/aromatic N) is 1. The van der Waals surface area contributed by atoms with Crippen LogP contribution in [0.25, 0.3) is 0 Å². The van der Waals surface area contributed by atoms with Crippen molar-refractivity contribution in [2.75, 3.05) is 18.4 Å². The third-order valence-electron chi connectivity index (χ3n) is 5.22. The van der Waals surface area contributed by atoms with Crippen LogP contribution in [-0.4, -0.2) is 43.7 Å². The van der Waals surface area contributed by atoms with Crippen molar-refractivity contribution >= 4 is 38.9 Å². The molecule has 1 aromatic carbocycles. The van der Waals surface area contributed by atoms with E-state index in [1.165, 1.54) is 15.6 Å². The molecule has 1 aliphatic heterocycles. The lowest BCUT2D eigenvalue weighted by Gasteiger charge is -2.30. The molecule has 2 amide bonds. The zero-order valence-electron chi connectivity index (χ0n) is 15.8. The van der Waals surface area contributed by atoms with Crippen molar-refractivity contribution in [3.05, 3.63) is 47.3 Å². The van der Waals surface area contributed by atoms with Crippen molar-refractivity contribution in [2.45, 2.75) is 35.9 Å². The van der Waals surface area contributed by atoms with Gasteiger partial charge in [-0.05, 0) is 55.3 Å². The fourth-order valence-corrected chi connectivity index (χ4v) is 5.99. The zero-order chi connectivity index (χ0) is 20.4. The van der Waals surface area contributed by atoms with E-state index in [0.29, 0.717) is 41.4 Å². The van der Waals surface area contributed by atoms with Gasteiger partial charge in [-0.1, -0.05) is 12.1 Å². The Kier molecular flexibility index (Phi) is 5.71. The summed E-state index contributed by atoms with van der Waals surface area (Å²) in [4.78, 5) is 24.8. The molecule has 9 heteroatoms. The molecule has 1 aromatic heterocycles. The van der Waals surface area contributed by atoms with Crippen molar-refractivity contribution < 1.29 is 18.0 Å². The Morgan fingerprint density at radius 1 is 1.03 bits per heavy atom. The largest absolute Gasteiger partial charge is 0.349 e. The lowest BCUT2D eigenvalue weighted by Crippen LogP contribution is -2.41. The van der Waals surface area contributed by atoms with Gasteiger partial charge in [0.2, 0.25) is 5.91 Å². The quantitative estimate of drug-likeness (QED) is 0.732. The molecule has 2 aliphatic rings. The summed E-state index contributed by atoms with van der Waals surface area (Å²) in [6, 6.07) is 10.5. The number of hydrogen-bond donors (Lipinski definition) is 2. The third-order valence-corrected chi connectivity index (χ3v) is 8.49. The predicted octanol–water partition coefficient (Wildman–Crippen LogP) is 2.68. The Bertz CT molecular complexity index is 992. The fourth-order valence-electron chi connectivity index (χ4n) is 3.37. The number of piperidine rings is 1. The molecular formula is C20H23N3O4S2. The number of hydrogen-bond acceptors (Lipinski definition) is 5. The van der Waals surface area contributed by atoms with Crippen LogP contribution in [0.1, 0.15) is 36.0 Å². The zero-order valence-corrected chi connectivity index (χ0v) is 17.5. The molecule has 1 saturated carbocycles. The highest BCUT2D eigenvalue weighted by atomic mass is 32.2. The fraction of sp³-hybridized carbons (Fsp3) is 0.400. The number of thiophene rings is 1. The maximum atomic E-state index is 12.6. The van der Waals surface area contributed by atoms with E-state index in [1.807, 2.05) is 0 Å². The monoisotopic (exact) mass is 433 g/mol. The normalized spacial score (nSPS) is 18.3. The molecule has 29 heavy (non-hydrogen) atoms. The molecule has 2 fully saturated rings. The van der Waals surface area contributed by atoms with Crippen LogP contribution in [0.15, 0.2) is 46.0 Å². The van der Waals surface area contributed by atoms with Crippen molar-refractivity contribution in [3.63, 3.8) is 0 Å². The number of benzene rings is 1. The van der Waals surface area contributed by atoms with Crippen LogP contribution < -0.4 is 10.6 Å². The van der Waals surface area contributed by atoms with Gasteiger partial charge in [0.1, 0.15) is 4.21 Å². The minimum atomic E-state index is -3.47. The van der Waals surface area contributed by atoms with Crippen LogP contribution in [0, 0.1) is 5.92 Å². The summed E-state index contributed by atoms with van der Waals surface area (Å²) < 4.78 is 27.0. The van der Waals surface area contributed by atoms with Crippen LogP contribution in [-0.2, 0) is 14.8 Å². The average Bonchev–Trinajstić information content (AvgIpc) is 3.35. The number of amides is 2. The van der Waals surface area contributed by atoms with Gasteiger partial charge in [-0.3, -0.25) is 9.59 Å². The number of rotatable bonds is 6. The number of carbonyl (C=O) groups is 2. The molecule has 0 radical (unpaired) electrons. The first-order valence-corrected chi connectivity index (χ1v) is 12.0. The Morgan fingerprint density at radius 2 is 1.79 bits per heavy atom. The van der Waals surface area contributed by atoms with E-state index in [1.54, 1.807) is 41.8 Å². The molecule has 2 aromatic rings. The summed E-state index contributed by atoms with van der Waals surface area (Å²) in [5.74, 6) is -0.526. The smallest absolute Gasteiger partial charge is 0.252 e. The summed E-state index contributed by atoms with van der Waals surface area (Å²) in [5, 5.41) is 7.55. The van der Waals surface area contributed by atoms with Gasteiger partial charge in [0.25, 0.3) is 15.9 Å². The number of anilines is 1. The van der Waals surface area contributed by atoms with Gasteiger partial charge >= 0.3 is 0 Å². The van der Waals surface area contributed by atoms with E-state index >= 15 is 0 Å². The third kappa shape index (κ3) is 4.68. The van der Waals surface area contributed by atoms with E-state index in [4.69, 9.17) is 0 Å². The molecule has 0 spiro atoms. The topological polar surface area (TPSA) is 95.6 Å². The summed E-state index contributed by atoms with van der Waals surface area (Å²) in [7, 11) is -3.47. The Balaban J connectivity index is 1.34. The molecule has 0 unspecified atom stereocenters. The first-order chi connectivity index (χ1) is 13.9. The van der Waals surface area contributed by atoms with Crippen LogP contribution in [0.5, 0.6) is 0 Å². The van der Waals surface area contributed by atoms with Gasteiger partial charge < -0.3 is 10.6 Å². The van der Waals surface area contributed by atoms with Crippen molar-refractivity contribution in [3.8, 4) is 0 Å². The van der Waals surface area contributed by atoms with E-state index in [2.05, 4.69) is 10.6 Å². The van der Waals surface area contributed by atoms with Crippen LogP contribution in [0.4, 0.5) is 5.69 Å². The van der Waals surface area contributed by atoms with Gasteiger partial charge in [-0.15, -0.1) is 11.3 Å². The van der Waals surface area contributed by atoms with Crippen molar-refractivity contribution in [2.24, 2.45) is 5.92 Å². The van der Waals surface area contributed by atoms with E-state index in [-0.39, 0.29) is 23.8 Å². The molecule has 154 valence electrons. The van der Waals surface area contributed by atoms with Crippen LogP contribution in [0.3, 0.4) is 0 Å². The van der Waals surface area contributed by atoms with Crippen molar-refractivity contribution in [1.29, 1.82) is 0 Å². The van der Waals surface area contributed by atoms with Gasteiger partial charge in [-0.25, -0.2) is 8.42 Å². The molecular weight excluding hydrogens is 410 g/mol. The first kappa shape index (κ1) is 20.1. The minimum Gasteiger partial charge on any atom is -0.349 e. The molecule has 0 atom stereocenters. The molecule has 0 bridgehead atoms. The van der Waals surface area contributed by atoms with Crippen LogP contribution in [0.2, 0.25) is 0 Å². The first-order valence-electron chi connectivity index (χ1n) is 9.69. The number of carbonyl (C=O) groups excluding carboxylic acids is 2. The maximum Gasteiger partial charge on any atom is 0.252 e. The van der Waals surface area contributed by atoms with Gasteiger partial charge in [0, 0.05) is 36.3 Å². The van der Waals surface area contributed by atoms with Crippen LogP contribution >= 0.6 is 11.3 Å². The highest BCUT2D eigenvalue weighted by Crippen LogP contribution is 2.27. The Morgan fingerprint density at radius 3 is 2.45 bits per heavy atom. The second-order valence-electron chi connectivity index (χ2n) is 7.43. The molecule has 2 N–H and O–H groups in total. The van der Waals surface area contributed by atoms with Gasteiger partial charge in [0.05, 0.1) is 0 Å². The standard InChI is InChI=1S/C20H23N3O4S2/c24-19(22-17-4-1-3-15(13-17)20(25)21-16-6-7-16)14-8-10-23(11-9-14)29(26,27)18-5-2-12-28-18/h1-5,12-14,16H,6-11H2,(H,21,25)(H,22,24). The summed E-state index contributed by atoms with van der Waals surface area (Å²) in [6.45, 7) is 0.643. The van der Waals surface area contributed by atoms with Gasteiger partial charge in [-0.2, -0.15) is 4.31 Å². The maximum absolute atomic E-state index is 12.6. The Labute approximate surface area is 174 Å². The SMILES string of the molecule is O=C(NC1CC1)c1cccc(NC(=O)C2CCN(S(=O)(=O)c3cccs3)CC2)c1. The highest BCUT2D eigenvalue weighted by molar-refractivity contribution is 7.91. The molecule has 4 rings (SSSR count). The second kappa shape index (κ2) is 8.25. The minimum absolute atomic E-state index is 0.129. The van der Waals surface area contributed by atoms with Crippen molar-refractivity contribution in [1.82, 2.24) is 9.62 Å². The summed E-state index contributed by atoms with van der Waals surface area (Å²) >= 11 is 1.20. The lowest BCUT2D eigenvalue weighted by molar-refractivity contribution is -0.120. The second-order valence-corrected chi connectivity index (χ2v) is 10.5. The summed E-state index contributed by atoms with van der Waals surface area (Å²) in [6.07, 6.45) is 2.97. The van der Waals surface area contributed by atoms with E-state index in [0.717, 1.165) is 12.8 Å². The number of sulfonamides is 1. The highest BCUT2D eigenvalue weighted by Gasteiger charge is 2.32. The van der Waals surface area contributed by atoms with E-state index in [9.17, 15) is 18.0 Å². The number of nitrogens with one attached hydrogen (secondary N) is 2. The van der Waals surface area contributed by atoms with Gasteiger partial charge in [0.15, 0.2) is 0 Å². The average molecular weight is 434 g/mol. The molecule has 1 aliphatic carbocycles. The van der Waals surface area contributed by atoms with E-state index < -0.39 is 10.0 Å². The molecule has 1 saturated heterocycles. The molecule has 2 heterocycles. The Hall–Kier alpha value is -2.23.